The first-order chi connectivity index (χ1) is 8.65. The Bertz CT molecular complexity index is 742. The lowest BCUT2D eigenvalue weighted by molar-refractivity contribution is 0.476. The van der Waals surface area contributed by atoms with Crippen LogP contribution in [-0.2, 0) is 0 Å². The first-order valence-corrected chi connectivity index (χ1v) is 6.68. The number of phenolic OH excluding ortho intramolecular Hbond substituents is 1. The van der Waals surface area contributed by atoms with Gasteiger partial charge in [-0.3, -0.25) is 0 Å². The maximum absolute atomic E-state index is 9.42. The molecule has 0 amide bonds. The SMILES string of the molecule is Oc1ccc2nc(-c3sccc3Cl)nc(Cl)c2c1. The number of benzene rings is 1. The second kappa shape index (κ2) is 4.39. The van der Waals surface area contributed by atoms with Crippen molar-refractivity contribution < 1.29 is 5.11 Å². The van der Waals surface area contributed by atoms with Crippen LogP contribution in [0.1, 0.15) is 0 Å². The summed E-state index contributed by atoms with van der Waals surface area (Å²) in [6.45, 7) is 0. The Labute approximate surface area is 117 Å². The quantitative estimate of drug-likeness (QED) is 0.678. The number of phenols is 1. The van der Waals surface area contributed by atoms with Crippen LogP contribution in [0.5, 0.6) is 5.75 Å². The Kier molecular flexibility index (Phi) is 2.86. The average molecular weight is 297 g/mol. The predicted molar refractivity (Wildman–Crippen MR) is 74.5 cm³/mol. The number of hydrogen-bond acceptors (Lipinski definition) is 4. The fourth-order valence-electron chi connectivity index (χ4n) is 1.63. The number of thiophene rings is 1. The Morgan fingerprint density at radius 2 is 1.94 bits per heavy atom. The summed E-state index contributed by atoms with van der Waals surface area (Å²) in [6, 6.07) is 6.59. The fraction of sp³-hybridized carbons (Fsp3) is 0. The number of halogens is 2. The summed E-state index contributed by atoms with van der Waals surface area (Å²) in [5.41, 5.74) is 0.673. The molecule has 0 unspecified atom stereocenters. The number of rotatable bonds is 1. The lowest BCUT2D eigenvalue weighted by Gasteiger charge is -2.03. The topological polar surface area (TPSA) is 46.0 Å². The number of nitrogens with zero attached hydrogens (tertiary/aromatic N) is 2. The number of fused-ring (bicyclic) bond motifs is 1. The van der Waals surface area contributed by atoms with Crippen LogP contribution in [0.25, 0.3) is 21.6 Å². The smallest absolute Gasteiger partial charge is 0.173 e. The summed E-state index contributed by atoms with van der Waals surface area (Å²) in [7, 11) is 0. The zero-order valence-corrected chi connectivity index (χ0v) is 11.2. The van der Waals surface area contributed by atoms with Gasteiger partial charge in [0.1, 0.15) is 10.9 Å². The van der Waals surface area contributed by atoms with E-state index in [4.69, 9.17) is 23.2 Å². The molecular formula is C12H6Cl2N2OS. The van der Waals surface area contributed by atoms with Crippen molar-refractivity contribution >= 4 is 45.4 Å². The van der Waals surface area contributed by atoms with Crippen LogP contribution in [-0.4, -0.2) is 15.1 Å². The van der Waals surface area contributed by atoms with Crippen LogP contribution >= 0.6 is 34.5 Å². The molecule has 3 nitrogen and oxygen atoms in total. The molecule has 1 N–H and O–H groups in total. The van der Waals surface area contributed by atoms with E-state index in [1.807, 2.05) is 5.38 Å². The van der Waals surface area contributed by atoms with Crippen LogP contribution in [0.3, 0.4) is 0 Å². The standard InChI is InChI=1S/C12H6Cl2N2OS/c13-8-3-4-18-10(8)12-15-9-2-1-6(17)5-7(9)11(14)16-12/h1-5,17H. The van der Waals surface area contributed by atoms with E-state index in [-0.39, 0.29) is 5.75 Å². The van der Waals surface area contributed by atoms with Gasteiger partial charge in [-0.1, -0.05) is 23.2 Å². The van der Waals surface area contributed by atoms with Crippen LogP contribution in [0, 0.1) is 0 Å². The maximum atomic E-state index is 9.42. The molecule has 1 aromatic carbocycles. The van der Waals surface area contributed by atoms with Gasteiger partial charge in [-0.05, 0) is 29.6 Å². The summed E-state index contributed by atoms with van der Waals surface area (Å²) in [6.07, 6.45) is 0. The lowest BCUT2D eigenvalue weighted by Crippen LogP contribution is -1.90. The van der Waals surface area contributed by atoms with Crippen molar-refractivity contribution in [3.63, 3.8) is 0 Å². The van der Waals surface area contributed by atoms with Crippen LogP contribution < -0.4 is 0 Å². The normalized spacial score (nSPS) is 11.0. The van der Waals surface area contributed by atoms with Gasteiger partial charge >= 0.3 is 0 Å². The molecule has 0 aliphatic heterocycles. The second-order valence-corrected chi connectivity index (χ2v) is 5.32. The minimum atomic E-state index is 0.134. The van der Waals surface area contributed by atoms with Crippen molar-refractivity contribution in [2.24, 2.45) is 0 Å². The van der Waals surface area contributed by atoms with Gasteiger partial charge in [0.2, 0.25) is 0 Å². The van der Waals surface area contributed by atoms with Crippen molar-refractivity contribution in [2.45, 2.75) is 0 Å². The highest BCUT2D eigenvalue weighted by atomic mass is 35.5. The molecule has 0 fully saturated rings. The minimum absolute atomic E-state index is 0.134. The molecule has 0 radical (unpaired) electrons. The van der Waals surface area contributed by atoms with Crippen molar-refractivity contribution in [1.82, 2.24) is 9.97 Å². The van der Waals surface area contributed by atoms with Crippen LogP contribution in [0.4, 0.5) is 0 Å². The van der Waals surface area contributed by atoms with E-state index in [0.29, 0.717) is 26.9 Å². The number of hydrogen-bond donors (Lipinski definition) is 1. The van der Waals surface area contributed by atoms with Gasteiger partial charge in [0, 0.05) is 5.39 Å². The van der Waals surface area contributed by atoms with Gasteiger partial charge in [0.05, 0.1) is 15.4 Å². The monoisotopic (exact) mass is 296 g/mol. The third-order valence-corrected chi connectivity index (χ3v) is 4.08. The first kappa shape index (κ1) is 11.7. The molecule has 90 valence electrons. The zero-order chi connectivity index (χ0) is 12.7. The summed E-state index contributed by atoms with van der Waals surface area (Å²) < 4.78 is 0. The number of aromatic nitrogens is 2. The molecule has 3 rings (SSSR count). The third-order valence-electron chi connectivity index (χ3n) is 2.45. The molecule has 0 spiro atoms. The molecule has 2 aromatic heterocycles. The average Bonchev–Trinajstić information content (AvgIpc) is 2.76. The molecule has 6 heteroatoms. The van der Waals surface area contributed by atoms with Crippen LogP contribution in [0.15, 0.2) is 29.6 Å². The minimum Gasteiger partial charge on any atom is -0.508 e. The van der Waals surface area contributed by atoms with E-state index in [1.165, 1.54) is 17.4 Å². The molecule has 0 bridgehead atoms. The lowest BCUT2D eigenvalue weighted by atomic mass is 10.2. The Balaban J connectivity index is 2.28. The van der Waals surface area contributed by atoms with Gasteiger partial charge < -0.3 is 5.11 Å². The van der Waals surface area contributed by atoms with Crippen LogP contribution in [0.2, 0.25) is 10.2 Å². The highest BCUT2D eigenvalue weighted by molar-refractivity contribution is 7.14. The third kappa shape index (κ3) is 1.92. The molecule has 18 heavy (non-hydrogen) atoms. The molecule has 0 saturated carbocycles. The molecule has 0 aliphatic rings. The summed E-state index contributed by atoms with van der Waals surface area (Å²) in [5, 5.41) is 12.8. The van der Waals surface area contributed by atoms with Crippen molar-refractivity contribution in [3.05, 3.63) is 39.8 Å². The summed E-state index contributed by atoms with van der Waals surface area (Å²) in [4.78, 5) is 9.40. The van der Waals surface area contributed by atoms with Gasteiger partial charge in [-0.2, -0.15) is 0 Å². The maximum Gasteiger partial charge on any atom is 0.173 e. The Morgan fingerprint density at radius 1 is 1.11 bits per heavy atom. The highest BCUT2D eigenvalue weighted by Crippen LogP contribution is 2.33. The number of aromatic hydroxyl groups is 1. The Morgan fingerprint density at radius 3 is 2.67 bits per heavy atom. The van der Waals surface area contributed by atoms with E-state index in [2.05, 4.69) is 9.97 Å². The predicted octanol–water partition coefficient (Wildman–Crippen LogP) is 4.37. The Hall–Kier alpha value is -1.36. The molecule has 3 aromatic rings. The van der Waals surface area contributed by atoms with Gasteiger partial charge in [-0.25, -0.2) is 9.97 Å². The van der Waals surface area contributed by atoms with E-state index < -0.39 is 0 Å². The fourth-order valence-corrected chi connectivity index (χ4v) is 2.94. The van der Waals surface area contributed by atoms with E-state index in [1.54, 1.807) is 18.2 Å². The van der Waals surface area contributed by atoms with Gasteiger partial charge in [0.25, 0.3) is 0 Å². The summed E-state index contributed by atoms with van der Waals surface area (Å²) in [5.74, 6) is 0.632. The van der Waals surface area contributed by atoms with Crippen molar-refractivity contribution in [2.75, 3.05) is 0 Å². The van der Waals surface area contributed by atoms with E-state index >= 15 is 0 Å². The first-order valence-electron chi connectivity index (χ1n) is 5.05. The molecule has 2 heterocycles. The molecule has 0 aliphatic carbocycles. The van der Waals surface area contributed by atoms with E-state index in [9.17, 15) is 5.11 Å². The second-order valence-electron chi connectivity index (χ2n) is 3.64. The summed E-state index contributed by atoms with van der Waals surface area (Å²) >= 11 is 13.6. The zero-order valence-electron chi connectivity index (χ0n) is 8.89. The molecule has 0 atom stereocenters. The van der Waals surface area contributed by atoms with E-state index in [0.717, 1.165) is 4.88 Å². The van der Waals surface area contributed by atoms with Crippen molar-refractivity contribution in [3.8, 4) is 16.5 Å². The van der Waals surface area contributed by atoms with Crippen molar-refractivity contribution in [1.29, 1.82) is 0 Å². The molecule has 0 saturated heterocycles. The highest BCUT2D eigenvalue weighted by Gasteiger charge is 2.12. The van der Waals surface area contributed by atoms with Gasteiger partial charge in [-0.15, -0.1) is 11.3 Å². The molecular weight excluding hydrogens is 291 g/mol. The van der Waals surface area contributed by atoms with Gasteiger partial charge in [0.15, 0.2) is 5.82 Å². The largest absolute Gasteiger partial charge is 0.508 e.